The maximum Gasteiger partial charge on any atom is 0.282 e. The van der Waals surface area contributed by atoms with E-state index < -0.39 is 0 Å². The second-order valence-electron chi connectivity index (χ2n) is 2.91. The second-order valence-corrected chi connectivity index (χ2v) is 4.07. The largest absolute Gasteiger partial charge is 0.375 e. The summed E-state index contributed by atoms with van der Waals surface area (Å²) in [4.78, 5) is 12.2. The van der Waals surface area contributed by atoms with Crippen LogP contribution in [0.25, 0.3) is 0 Å². The van der Waals surface area contributed by atoms with E-state index in [9.17, 15) is 10.1 Å². The highest BCUT2D eigenvalue weighted by Crippen LogP contribution is 2.25. The normalized spacial score (nSPS) is 9.93. The summed E-state index contributed by atoms with van der Waals surface area (Å²) >= 11 is 1.98. The van der Waals surface area contributed by atoms with Gasteiger partial charge in [-0.1, -0.05) is 0 Å². The lowest BCUT2D eigenvalue weighted by Crippen LogP contribution is -2.15. The molecule has 14 heavy (non-hydrogen) atoms. The van der Waals surface area contributed by atoms with Gasteiger partial charge >= 0.3 is 0 Å². The van der Waals surface area contributed by atoms with Gasteiger partial charge in [-0.3, -0.25) is 10.1 Å². The molecule has 0 bridgehead atoms. The van der Waals surface area contributed by atoms with Crippen molar-refractivity contribution in [1.82, 2.24) is 0 Å². The third-order valence-corrected chi connectivity index (χ3v) is 2.91. The Morgan fingerprint density at radius 1 is 1.57 bits per heavy atom. The molecule has 0 spiro atoms. The summed E-state index contributed by atoms with van der Waals surface area (Å²) in [5, 5.41) is 10.6. The van der Waals surface area contributed by atoms with Crippen LogP contribution in [0.15, 0.2) is 18.2 Å². The molecule has 0 aliphatic heterocycles. The number of hydrogen-bond donors (Lipinski definition) is 0. The molecule has 1 aromatic rings. The van der Waals surface area contributed by atoms with E-state index in [1.165, 1.54) is 0 Å². The Hall–Kier alpha value is -0.850. The fraction of sp³-hybridized carbons (Fsp3) is 0.333. The van der Waals surface area contributed by atoms with Crippen LogP contribution >= 0.6 is 22.6 Å². The van der Waals surface area contributed by atoms with Crippen LogP contribution in [-0.4, -0.2) is 18.5 Å². The van der Waals surface area contributed by atoms with Gasteiger partial charge in [0.1, 0.15) is 0 Å². The van der Waals surface area contributed by atoms with Crippen LogP contribution in [0.1, 0.15) is 6.92 Å². The van der Waals surface area contributed by atoms with Crippen LogP contribution in [0.4, 0.5) is 11.4 Å². The fourth-order valence-electron chi connectivity index (χ4n) is 1.06. The zero-order valence-electron chi connectivity index (χ0n) is 8.03. The Balaban J connectivity index is 3.06. The quantitative estimate of drug-likeness (QED) is 0.490. The molecule has 0 aromatic heterocycles. The monoisotopic (exact) mass is 306 g/mol. The molecule has 1 aromatic carbocycles. The highest BCUT2D eigenvalue weighted by Gasteiger charge is 2.12. The molecule has 0 amide bonds. The Morgan fingerprint density at radius 3 is 2.64 bits per heavy atom. The average Bonchev–Trinajstić information content (AvgIpc) is 2.15. The van der Waals surface area contributed by atoms with Gasteiger partial charge < -0.3 is 4.90 Å². The lowest BCUT2D eigenvalue weighted by atomic mass is 10.2. The third-order valence-electron chi connectivity index (χ3n) is 2.04. The van der Waals surface area contributed by atoms with Crippen molar-refractivity contribution < 1.29 is 4.92 Å². The Morgan fingerprint density at radius 2 is 2.21 bits per heavy atom. The minimum atomic E-state index is -0.364. The number of nitrogens with zero attached hydrogens (tertiary/aromatic N) is 2. The van der Waals surface area contributed by atoms with Crippen molar-refractivity contribution in [3.63, 3.8) is 0 Å². The predicted molar refractivity (Wildman–Crippen MR) is 64.8 cm³/mol. The van der Waals surface area contributed by atoms with Crippen molar-refractivity contribution in [1.29, 1.82) is 0 Å². The molecule has 5 heteroatoms. The zero-order valence-corrected chi connectivity index (χ0v) is 10.2. The third kappa shape index (κ3) is 2.34. The van der Waals surface area contributed by atoms with Crippen molar-refractivity contribution >= 4 is 34.0 Å². The Kier molecular flexibility index (Phi) is 3.68. The van der Waals surface area contributed by atoms with E-state index in [4.69, 9.17) is 0 Å². The highest BCUT2D eigenvalue weighted by molar-refractivity contribution is 14.1. The number of rotatable bonds is 3. The van der Waals surface area contributed by atoms with Gasteiger partial charge in [0.15, 0.2) is 0 Å². The molecule has 0 aliphatic carbocycles. The van der Waals surface area contributed by atoms with E-state index in [1.54, 1.807) is 12.1 Å². The zero-order chi connectivity index (χ0) is 10.7. The highest BCUT2D eigenvalue weighted by atomic mass is 127. The molecule has 0 fully saturated rings. The van der Waals surface area contributed by atoms with Crippen molar-refractivity contribution in [2.45, 2.75) is 6.92 Å². The van der Waals surface area contributed by atoms with Crippen molar-refractivity contribution in [2.75, 3.05) is 18.5 Å². The van der Waals surface area contributed by atoms with E-state index >= 15 is 0 Å². The number of anilines is 1. The number of halogens is 1. The van der Waals surface area contributed by atoms with Crippen molar-refractivity contribution in [3.8, 4) is 0 Å². The predicted octanol–water partition coefficient (Wildman–Crippen LogP) is 2.66. The van der Waals surface area contributed by atoms with Gasteiger partial charge in [0.2, 0.25) is 0 Å². The summed E-state index contributed by atoms with van der Waals surface area (Å²) < 4.78 is 0.672. The lowest BCUT2D eigenvalue weighted by molar-refractivity contribution is -0.385. The van der Waals surface area contributed by atoms with Crippen LogP contribution in [0.2, 0.25) is 0 Å². The van der Waals surface area contributed by atoms with Gasteiger partial charge in [-0.2, -0.15) is 0 Å². The summed E-state index contributed by atoms with van der Waals surface area (Å²) in [5.41, 5.74) is 1.17. The van der Waals surface area contributed by atoms with Gasteiger partial charge in [-0.15, -0.1) is 0 Å². The number of hydrogen-bond acceptors (Lipinski definition) is 3. The van der Waals surface area contributed by atoms with Gasteiger partial charge in [-0.25, -0.2) is 0 Å². The van der Waals surface area contributed by atoms with Gasteiger partial charge in [0, 0.05) is 25.3 Å². The van der Waals surface area contributed by atoms with Crippen LogP contribution < -0.4 is 4.90 Å². The molecule has 0 saturated heterocycles. The first-order valence-corrected chi connectivity index (χ1v) is 5.29. The first-order valence-electron chi connectivity index (χ1n) is 4.21. The molecule has 4 nitrogen and oxygen atoms in total. The molecule has 0 heterocycles. The fourth-order valence-corrected chi connectivity index (χ4v) is 1.76. The molecular weight excluding hydrogens is 295 g/mol. The Bertz CT molecular complexity index is 355. The molecule has 0 atom stereocenters. The minimum absolute atomic E-state index is 0.166. The average molecular weight is 306 g/mol. The topological polar surface area (TPSA) is 46.4 Å². The second kappa shape index (κ2) is 4.59. The number of nitro groups is 1. The number of benzene rings is 1. The van der Waals surface area contributed by atoms with E-state index in [0.29, 0.717) is 3.57 Å². The van der Waals surface area contributed by atoms with E-state index in [2.05, 4.69) is 0 Å². The smallest absolute Gasteiger partial charge is 0.282 e. The van der Waals surface area contributed by atoms with Crippen LogP contribution in [-0.2, 0) is 0 Å². The van der Waals surface area contributed by atoms with E-state index in [0.717, 1.165) is 12.2 Å². The van der Waals surface area contributed by atoms with E-state index in [-0.39, 0.29) is 10.6 Å². The molecule has 0 saturated carbocycles. The molecule has 76 valence electrons. The molecule has 0 unspecified atom stereocenters. The first-order chi connectivity index (χ1) is 6.56. The molecular formula is C9H11IN2O2. The lowest BCUT2D eigenvalue weighted by Gasteiger charge is -2.16. The SMILES string of the molecule is CCN(C)c1ccc([N+](=O)[O-])c(I)c1. The standard InChI is InChI=1S/C9H11IN2O2/c1-3-11(2)7-4-5-9(12(13)14)8(10)6-7/h4-6H,3H2,1-2H3. The van der Waals surface area contributed by atoms with Gasteiger partial charge in [-0.05, 0) is 41.6 Å². The summed E-state index contributed by atoms with van der Waals surface area (Å²) in [6.45, 7) is 2.92. The summed E-state index contributed by atoms with van der Waals surface area (Å²) in [6.07, 6.45) is 0. The van der Waals surface area contributed by atoms with Crippen molar-refractivity contribution in [3.05, 3.63) is 31.9 Å². The summed E-state index contributed by atoms with van der Waals surface area (Å²) in [6, 6.07) is 5.13. The molecule has 1 rings (SSSR count). The number of nitro benzene ring substituents is 1. The van der Waals surface area contributed by atoms with Crippen LogP contribution in [0, 0.1) is 13.7 Å². The first kappa shape index (κ1) is 11.2. The van der Waals surface area contributed by atoms with Gasteiger partial charge in [0.25, 0.3) is 5.69 Å². The van der Waals surface area contributed by atoms with Gasteiger partial charge in [0.05, 0.1) is 8.49 Å². The molecule has 0 aliphatic rings. The summed E-state index contributed by atoms with van der Waals surface area (Å²) in [7, 11) is 1.96. The maximum absolute atomic E-state index is 10.6. The van der Waals surface area contributed by atoms with Crippen molar-refractivity contribution in [2.24, 2.45) is 0 Å². The molecule has 0 radical (unpaired) electrons. The molecule has 0 N–H and O–H groups in total. The maximum atomic E-state index is 10.6. The van der Waals surface area contributed by atoms with Crippen LogP contribution in [0.5, 0.6) is 0 Å². The summed E-state index contributed by atoms with van der Waals surface area (Å²) in [5.74, 6) is 0. The van der Waals surface area contributed by atoms with E-state index in [1.807, 2.05) is 47.5 Å². The van der Waals surface area contributed by atoms with Crippen LogP contribution in [0.3, 0.4) is 0 Å². The minimum Gasteiger partial charge on any atom is -0.375 e. The Labute approximate surface area is 96.2 Å².